The Morgan fingerprint density at radius 3 is 2.47 bits per heavy atom. The summed E-state index contributed by atoms with van der Waals surface area (Å²) in [6, 6.07) is 12.7. The summed E-state index contributed by atoms with van der Waals surface area (Å²) < 4.78 is 1.69. The molecule has 0 aliphatic heterocycles. The molecule has 7 heteroatoms. The SMILES string of the molecule is C#[N+]C(=O)c1nn(-c2cc(Cl)ccc2Cl)c2c1CCCC/C2=C\c1ccc(Cl)cc1. The molecule has 30 heavy (non-hydrogen) atoms. The lowest BCUT2D eigenvalue weighted by Gasteiger charge is -2.13. The third kappa shape index (κ3) is 4.02. The van der Waals surface area contributed by atoms with Gasteiger partial charge in [-0.3, -0.25) is 0 Å². The zero-order chi connectivity index (χ0) is 21.3. The quantitative estimate of drug-likeness (QED) is 0.390. The first-order chi connectivity index (χ1) is 14.5. The lowest BCUT2D eigenvalue weighted by molar-refractivity contribution is 0.103. The number of nitrogens with zero attached hydrogens (tertiary/aromatic N) is 3. The van der Waals surface area contributed by atoms with Crippen molar-refractivity contribution in [3.05, 3.63) is 84.9 Å². The fourth-order valence-electron chi connectivity index (χ4n) is 3.71. The normalized spacial score (nSPS) is 14.8. The molecule has 150 valence electrons. The first-order valence-electron chi connectivity index (χ1n) is 9.47. The highest BCUT2D eigenvalue weighted by atomic mass is 35.5. The van der Waals surface area contributed by atoms with Crippen molar-refractivity contribution < 1.29 is 4.79 Å². The minimum absolute atomic E-state index is 0.243. The van der Waals surface area contributed by atoms with Crippen molar-refractivity contribution in [3.63, 3.8) is 0 Å². The van der Waals surface area contributed by atoms with Crippen LogP contribution < -0.4 is 0 Å². The van der Waals surface area contributed by atoms with Gasteiger partial charge in [-0.2, -0.15) is 9.89 Å². The van der Waals surface area contributed by atoms with Gasteiger partial charge in [0.15, 0.2) is 0 Å². The molecule has 1 amide bonds. The summed E-state index contributed by atoms with van der Waals surface area (Å²) in [6.07, 6.45) is 5.51. The molecule has 1 aliphatic rings. The maximum absolute atomic E-state index is 12.4. The predicted molar refractivity (Wildman–Crippen MR) is 123 cm³/mol. The van der Waals surface area contributed by atoms with Crippen LogP contribution in [0, 0.1) is 6.57 Å². The maximum Gasteiger partial charge on any atom is 0.567 e. The maximum atomic E-state index is 12.4. The van der Waals surface area contributed by atoms with Crippen LogP contribution in [0.4, 0.5) is 0 Å². The van der Waals surface area contributed by atoms with Crippen LogP contribution in [0.5, 0.6) is 0 Å². The van der Waals surface area contributed by atoms with Crippen molar-refractivity contribution in [2.45, 2.75) is 25.7 Å². The van der Waals surface area contributed by atoms with Crippen LogP contribution in [0.3, 0.4) is 0 Å². The molecule has 0 N–H and O–H groups in total. The molecule has 1 aromatic heterocycles. The van der Waals surface area contributed by atoms with Gasteiger partial charge in [-0.05, 0) is 73.2 Å². The number of hydrogen-bond donors (Lipinski definition) is 0. The first-order valence-corrected chi connectivity index (χ1v) is 10.6. The van der Waals surface area contributed by atoms with E-state index in [1.165, 1.54) is 0 Å². The highest BCUT2D eigenvalue weighted by Gasteiger charge is 2.32. The van der Waals surface area contributed by atoms with Gasteiger partial charge in [0.2, 0.25) is 5.69 Å². The average Bonchev–Trinajstić information content (AvgIpc) is 3.00. The molecule has 2 aromatic carbocycles. The monoisotopic (exact) mass is 456 g/mol. The van der Waals surface area contributed by atoms with E-state index in [-0.39, 0.29) is 5.69 Å². The summed E-state index contributed by atoms with van der Waals surface area (Å²) in [5.74, 6) is -0.559. The predicted octanol–water partition coefficient (Wildman–Crippen LogP) is 7.20. The van der Waals surface area contributed by atoms with E-state index in [4.69, 9.17) is 41.4 Å². The molecule has 0 spiro atoms. The molecule has 0 atom stereocenters. The average molecular weight is 458 g/mol. The van der Waals surface area contributed by atoms with E-state index in [2.05, 4.69) is 16.0 Å². The highest BCUT2D eigenvalue weighted by Crippen LogP contribution is 2.37. The topological polar surface area (TPSA) is 39.2 Å². The van der Waals surface area contributed by atoms with Crippen LogP contribution in [0.25, 0.3) is 22.2 Å². The van der Waals surface area contributed by atoms with Crippen molar-refractivity contribution in [1.82, 2.24) is 9.78 Å². The Kier molecular flexibility index (Phi) is 5.97. The Labute approximate surface area is 189 Å². The molecule has 0 fully saturated rings. The molecule has 1 aliphatic carbocycles. The molecule has 3 aromatic rings. The van der Waals surface area contributed by atoms with Crippen molar-refractivity contribution in [2.75, 3.05) is 0 Å². The number of carbonyl (C=O) groups excluding carboxylic acids is 1. The van der Waals surface area contributed by atoms with Crippen LogP contribution in [0.2, 0.25) is 15.1 Å². The number of benzene rings is 2. The molecule has 0 bridgehead atoms. The molecular formula is C23H17Cl3N3O+. The number of rotatable bonds is 3. The Morgan fingerprint density at radius 1 is 1.03 bits per heavy atom. The summed E-state index contributed by atoms with van der Waals surface area (Å²) in [7, 11) is 0. The van der Waals surface area contributed by atoms with E-state index < -0.39 is 5.91 Å². The number of halogens is 3. The minimum atomic E-state index is -0.559. The summed E-state index contributed by atoms with van der Waals surface area (Å²) in [6.45, 7) is 5.30. The van der Waals surface area contributed by atoms with Crippen LogP contribution >= 0.6 is 34.8 Å². The molecule has 4 nitrogen and oxygen atoms in total. The molecule has 4 rings (SSSR count). The highest BCUT2D eigenvalue weighted by molar-refractivity contribution is 6.34. The number of allylic oxidation sites excluding steroid dienone is 1. The summed E-state index contributed by atoms with van der Waals surface area (Å²) in [5.41, 5.74) is 4.54. The van der Waals surface area contributed by atoms with Crippen LogP contribution in [-0.2, 0) is 6.42 Å². The van der Waals surface area contributed by atoms with Gasteiger partial charge in [0.1, 0.15) is 0 Å². The molecule has 0 saturated carbocycles. The van der Waals surface area contributed by atoms with Gasteiger partial charge in [-0.15, -0.1) is 0 Å². The molecule has 1 heterocycles. The third-order valence-electron chi connectivity index (χ3n) is 5.08. The standard InChI is InChI=1S/C23H17Cl3N3O/c1-27-23(30)21-18-5-3-2-4-15(12-14-6-8-16(24)9-7-14)22(18)29(28-21)20-13-17(25)10-11-19(20)26/h1,6-13H,2-5H2/q+1/b15-12+. The second-order valence-corrected chi connectivity index (χ2v) is 8.33. The zero-order valence-electron chi connectivity index (χ0n) is 15.9. The smallest absolute Gasteiger partial charge is 0.231 e. The van der Waals surface area contributed by atoms with Crippen LogP contribution in [0.15, 0.2) is 42.5 Å². The second-order valence-electron chi connectivity index (χ2n) is 7.05. The summed E-state index contributed by atoms with van der Waals surface area (Å²) in [5, 5.41) is 6.24. The van der Waals surface area contributed by atoms with E-state index in [0.29, 0.717) is 27.2 Å². The lowest BCUT2D eigenvalue weighted by Crippen LogP contribution is -2.04. The zero-order valence-corrected chi connectivity index (χ0v) is 18.2. The van der Waals surface area contributed by atoms with Gasteiger partial charge in [0.25, 0.3) is 6.57 Å². The van der Waals surface area contributed by atoms with Crippen molar-refractivity contribution in [1.29, 1.82) is 0 Å². The lowest BCUT2D eigenvalue weighted by atomic mass is 10.0. The Hall–Kier alpha value is -2.58. The van der Waals surface area contributed by atoms with Crippen LogP contribution in [0.1, 0.15) is 46.6 Å². The van der Waals surface area contributed by atoms with E-state index >= 15 is 0 Å². The molecule has 0 saturated heterocycles. The van der Waals surface area contributed by atoms with Gasteiger partial charge in [0, 0.05) is 20.5 Å². The van der Waals surface area contributed by atoms with Gasteiger partial charge in [-0.25, -0.2) is 4.68 Å². The summed E-state index contributed by atoms with van der Waals surface area (Å²) in [4.78, 5) is 15.8. The Balaban J connectivity index is 1.99. The Morgan fingerprint density at radius 2 is 1.73 bits per heavy atom. The van der Waals surface area contributed by atoms with E-state index in [1.54, 1.807) is 22.9 Å². The number of hydrogen-bond acceptors (Lipinski definition) is 2. The van der Waals surface area contributed by atoms with Gasteiger partial charge >= 0.3 is 5.91 Å². The van der Waals surface area contributed by atoms with Gasteiger partial charge in [-0.1, -0.05) is 46.9 Å². The molecular weight excluding hydrogens is 441 g/mol. The number of fused-ring (bicyclic) bond motifs is 1. The second kappa shape index (κ2) is 8.65. The Bertz CT molecular complexity index is 1200. The molecule has 0 unspecified atom stereocenters. The van der Waals surface area contributed by atoms with Gasteiger partial charge < -0.3 is 0 Å². The summed E-state index contributed by atoms with van der Waals surface area (Å²) >= 11 is 18.7. The number of aromatic nitrogens is 2. The fraction of sp³-hybridized carbons (Fsp3) is 0.174. The van der Waals surface area contributed by atoms with Crippen molar-refractivity contribution in [2.24, 2.45) is 0 Å². The third-order valence-corrected chi connectivity index (χ3v) is 5.88. The van der Waals surface area contributed by atoms with E-state index in [0.717, 1.165) is 41.7 Å². The fourth-order valence-corrected chi connectivity index (χ4v) is 4.20. The number of carbonyl (C=O) groups is 1. The largest absolute Gasteiger partial charge is 0.567 e. The van der Waals surface area contributed by atoms with Crippen LogP contribution in [-0.4, -0.2) is 15.7 Å². The van der Waals surface area contributed by atoms with Crippen molar-refractivity contribution in [3.8, 4) is 12.3 Å². The van der Waals surface area contributed by atoms with E-state index in [9.17, 15) is 4.79 Å². The van der Waals surface area contributed by atoms with E-state index in [1.807, 2.05) is 24.3 Å². The minimum Gasteiger partial charge on any atom is -0.231 e. The van der Waals surface area contributed by atoms with Gasteiger partial charge in [0.05, 0.1) is 16.4 Å². The molecule has 0 radical (unpaired) electrons. The van der Waals surface area contributed by atoms with Crippen molar-refractivity contribution >= 4 is 52.4 Å². The first kappa shape index (κ1) is 20.7. The number of amides is 1.